The van der Waals surface area contributed by atoms with Crippen molar-refractivity contribution in [3.05, 3.63) is 47.3 Å². The van der Waals surface area contributed by atoms with E-state index in [1.807, 2.05) is 6.07 Å². The van der Waals surface area contributed by atoms with Crippen molar-refractivity contribution < 1.29 is 14.3 Å². The first-order valence-electron chi connectivity index (χ1n) is 9.13. The van der Waals surface area contributed by atoms with Crippen LogP contribution in [0.2, 0.25) is 0 Å². The molecule has 11 nitrogen and oxygen atoms in total. The monoisotopic (exact) mass is 402 g/mol. The van der Waals surface area contributed by atoms with Gasteiger partial charge in [-0.25, -0.2) is 4.79 Å². The molecular weight excluding hydrogens is 388 g/mol. The van der Waals surface area contributed by atoms with Gasteiger partial charge in [0.05, 0.1) is 17.8 Å². The Morgan fingerprint density at radius 3 is 2.67 bits per heavy atom. The number of ether oxygens (including phenoxy) is 1. The second-order valence-electron chi connectivity index (χ2n) is 6.79. The molecular formula is C19H14N8O3. The summed E-state index contributed by atoms with van der Waals surface area (Å²) in [4.78, 5) is 32.0. The number of carbonyl (C=O) groups excluding carboxylic acids is 2. The summed E-state index contributed by atoms with van der Waals surface area (Å²) in [6.07, 6.45) is 5.07. The van der Waals surface area contributed by atoms with Crippen molar-refractivity contribution in [1.29, 1.82) is 5.26 Å². The van der Waals surface area contributed by atoms with Crippen LogP contribution in [0.5, 0.6) is 11.8 Å². The van der Waals surface area contributed by atoms with E-state index in [0.29, 0.717) is 34.5 Å². The highest BCUT2D eigenvalue weighted by Crippen LogP contribution is 2.27. The van der Waals surface area contributed by atoms with Crippen molar-refractivity contribution in [2.24, 2.45) is 0 Å². The molecule has 3 N–H and O–H groups in total. The van der Waals surface area contributed by atoms with E-state index in [9.17, 15) is 9.59 Å². The smallest absolute Gasteiger partial charge is 0.327 e. The number of rotatable bonds is 5. The van der Waals surface area contributed by atoms with Crippen LogP contribution in [0.4, 0.5) is 10.7 Å². The molecule has 0 radical (unpaired) electrons. The Bertz CT molecular complexity index is 1250. The highest BCUT2D eigenvalue weighted by Gasteiger charge is 2.26. The van der Waals surface area contributed by atoms with Gasteiger partial charge in [-0.2, -0.15) is 24.8 Å². The van der Waals surface area contributed by atoms with Gasteiger partial charge < -0.3 is 15.4 Å². The summed E-state index contributed by atoms with van der Waals surface area (Å²) < 4.78 is 7.30. The Hall–Kier alpha value is -4.46. The molecule has 2 aromatic heterocycles. The molecule has 1 aliphatic heterocycles. The topological polar surface area (TPSA) is 146 Å². The molecule has 1 saturated carbocycles. The molecule has 0 atom stereocenters. The van der Waals surface area contributed by atoms with E-state index in [2.05, 4.69) is 31.0 Å². The number of nitriles is 1. The van der Waals surface area contributed by atoms with Gasteiger partial charge in [0.25, 0.3) is 5.91 Å². The van der Waals surface area contributed by atoms with Crippen molar-refractivity contribution in [3.63, 3.8) is 0 Å². The van der Waals surface area contributed by atoms with E-state index < -0.39 is 11.9 Å². The first-order chi connectivity index (χ1) is 14.6. The Morgan fingerprint density at radius 1 is 1.20 bits per heavy atom. The number of nitrogens with zero attached hydrogens (tertiary/aromatic N) is 5. The fraction of sp³-hybridized carbons (Fsp3) is 0.158. The third-order valence-corrected chi connectivity index (χ3v) is 4.50. The normalized spacial score (nSPS) is 17.0. The molecule has 1 aliphatic carbocycles. The van der Waals surface area contributed by atoms with Crippen molar-refractivity contribution in [1.82, 2.24) is 30.2 Å². The SMILES string of the molecule is N#Cc1ccc(Oc2nc(NC3CC3)n3ncc(/C=C4\NC(=O)NC4=O)c3n2)cc1. The second-order valence-corrected chi connectivity index (χ2v) is 6.79. The lowest BCUT2D eigenvalue weighted by molar-refractivity contribution is -0.115. The van der Waals surface area contributed by atoms with Gasteiger partial charge in [-0.1, -0.05) is 0 Å². The van der Waals surface area contributed by atoms with Crippen LogP contribution in [0.25, 0.3) is 11.7 Å². The van der Waals surface area contributed by atoms with Crippen LogP contribution in [-0.2, 0) is 4.79 Å². The molecule has 0 bridgehead atoms. The molecule has 30 heavy (non-hydrogen) atoms. The van der Waals surface area contributed by atoms with Crippen LogP contribution >= 0.6 is 0 Å². The maximum Gasteiger partial charge on any atom is 0.327 e. The summed E-state index contributed by atoms with van der Waals surface area (Å²) in [6.45, 7) is 0. The van der Waals surface area contributed by atoms with E-state index in [0.717, 1.165) is 12.8 Å². The van der Waals surface area contributed by atoms with Crippen LogP contribution in [0.15, 0.2) is 36.2 Å². The lowest BCUT2D eigenvalue weighted by atomic mass is 10.2. The minimum atomic E-state index is -0.585. The van der Waals surface area contributed by atoms with E-state index in [1.54, 1.807) is 24.3 Å². The molecule has 2 aliphatic rings. The average Bonchev–Trinajstić information content (AvgIpc) is 3.37. The summed E-state index contributed by atoms with van der Waals surface area (Å²) in [7, 11) is 0. The van der Waals surface area contributed by atoms with Gasteiger partial charge in [0.15, 0.2) is 5.65 Å². The standard InChI is InChI=1S/C19H14N8O3/c20-8-10-1-5-13(6-2-10)30-19-24-15-11(7-14-16(28)25-18(29)23-14)9-21-27(15)17(26-19)22-12-3-4-12/h1-2,5-7,9,12H,3-4H2,(H,22,24,26)(H2,23,25,28,29)/b14-7-. The van der Waals surface area contributed by atoms with E-state index in [1.165, 1.54) is 16.8 Å². The number of benzene rings is 1. The lowest BCUT2D eigenvalue weighted by Crippen LogP contribution is -2.22. The molecule has 0 unspecified atom stereocenters. The van der Waals surface area contributed by atoms with Crippen LogP contribution in [0.3, 0.4) is 0 Å². The van der Waals surface area contributed by atoms with Gasteiger partial charge in [-0.05, 0) is 43.2 Å². The summed E-state index contributed by atoms with van der Waals surface area (Å²) in [5, 5.41) is 21.1. The first-order valence-corrected chi connectivity index (χ1v) is 9.13. The summed E-state index contributed by atoms with van der Waals surface area (Å²) in [6, 6.07) is 8.41. The summed E-state index contributed by atoms with van der Waals surface area (Å²) in [5.41, 5.74) is 1.52. The molecule has 5 rings (SSSR count). The van der Waals surface area contributed by atoms with E-state index in [4.69, 9.17) is 10.00 Å². The molecule has 3 heterocycles. The van der Waals surface area contributed by atoms with Gasteiger partial charge in [0.1, 0.15) is 11.4 Å². The third kappa shape index (κ3) is 3.37. The number of anilines is 1. The molecule has 11 heteroatoms. The second kappa shape index (κ2) is 6.85. The Morgan fingerprint density at radius 2 is 2.00 bits per heavy atom. The molecule has 2 fully saturated rings. The lowest BCUT2D eigenvalue weighted by Gasteiger charge is -2.09. The number of imide groups is 1. The van der Waals surface area contributed by atoms with Gasteiger partial charge in [-0.15, -0.1) is 0 Å². The number of urea groups is 1. The maximum atomic E-state index is 11.8. The number of fused-ring (bicyclic) bond motifs is 1. The zero-order valence-corrected chi connectivity index (χ0v) is 15.4. The molecule has 1 saturated heterocycles. The van der Waals surface area contributed by atoms with E-state index >= 15 is 0 Å². The molecule has 3 aromatic rings. The molecule has 1 aromatic carbocycles. The average molecular weight is 402 g/mol. The minimum Gasteiger partial charge on any atom is -0.424 e. The number of aromatic nitrogens is 4. The predicted octanol–water partition coefficient (Wildman–Crippen LogP) is 1.54. The van der Waals surface area contributed by atoms with Crippen molar-refractivity contribution in [2.45, 2.75) is 18.9 Å². The maximum absolute atomic E-state index is 11.8. The highest BCUT2D eigenvalue weighted by molar-refractivity contribution is 6.14. The van der Waals surface area contributed by atoms with Crippen molar-refractivity contribution >= 4 is 29.6 Å². The zero-order valence-electron chi connectivity index (χ0n) is 15.4. The largest absolute Gasteiger partial charge is 0.424 e. The predicted molar refractivity (Wildman–Crippen MR) is 103 cm³/mol. The minimum absolute atomic E-state index is 0.0791. The van der Waals surface area contributed by atoms with Crippen LogP contribution in [0, 0.1) is 11.3 Å². The number of nitrogens with one attached hydrogen (secondary N) is 3. The number of hydrogen-bond donors (Lipinski definition) is 3. The number of hydrogen-bond acceptors (Lipinski definition) is 8. The van der Waals surface area contributed by atoms with Gasteiger partial charge in [-0.3, -0.25) is 10.1 Å². The number of amides is 3. The molecule has 148 valence electrons. The fourth-order valence-corrected chi connectivity index (χ4v) is 2.87. The quantitative estimate of drug-likeness (QED) is 0.430. The summed E-state index contributed by atoms with van der Waals surface area (Å²) in [5.74, 6) is 0.395. The number of carbonyl (C=O) groups is 2. The third-order valence-electron chi connectivity index (χ3n) is 4.50. The molecule has 3 amide bonds. The molecule has 0 spiro atoms. The van der Waals surface area contributed by atoms with Crippen LogP contribution in [-0.4, -0.2) is 37.6 Å². The van der Waals surface area contributed by atoms with Gasteiger partial charge in [0, 0.05) is 11.6 Å². The summed E-state index contributed by atoms with van der Waals surface area (Å²) >= 11 is 0. The Balaban J connectivity index is 1.55. The van der Waals surface area contributed by atoms with Crippen molar-refractivity contribution in [2.75, 3.05) is 5.32 Å². The zero-order chi connectivity index (χ0) is 20.7. The van der Waals surface area contributed by atoms with Gasteiger partial charge in [0.2, 0.25) is 5.95 Å². The first kappa shape index (κ1) is 17.6. The van der Waals surface area contributed by atoms with E-state index in [-0.39, 0.29) is 11.7 Å². The highest BCUT2D eigenvalue weighted by atomic mass is 16.5. The Labute approximate surface area is 169 Å². The van der Waals surface area contributed by atoms with Crippen LogP contribution in [0.1, 0.15) is 24.0 Å². The van der Waals surface area contributed by atoms with Crippen LogP contribution < -0.4 is 20.7 Å². The van der Waals surface area contributed by atoms with Gasteiger partial charge >= 0.3 is 12.0 Å². The fourth-order valence-electron chi connectivity index (χ4n) is 2.87. The van der Waals surface area contributed by atoms with Crippen molar-refractivity contribution in [3.8, 4) is 17.8 Å². The Kier molecular flexibility index (Phi) is 4.03.